The number of aryl methyl sites for hydroxylation is 1. The third-order valence-electron chi connectivity index (χ3n) is 9.65. The number of carbonyl (C=O) groups is 2. The SMILES string of the molecule is COC(=O)c1ccc2c(c1)C(CC[C@@H]1CCO1)CCC(Cc1ccc3cc1OCCCc1cc(C=O)ccc1COc1cccc-3n1)=N2. The molecule has 3 aromatic carbocycles. The van der Waals surface area contributed by atoms with Crippen molar-refractivity contribution >= 4 is 23.7 Å². The number of methoxy groups -OCH3 is 1. The van der Waals surface area contributed by atoms with Crippen LogP contribution in [0.25, 0.3) is 11.3 Å². The number of aliphatic imine (C=N–C) groups is 1. The summed E-state index contributed by atoms with van der Waals surface area (Å²) >= 11 is 0. The molecule has 1 fully saturated rings. The molecule has 7 rings (SSSR count). The molecule has 8 heteroatoms. The zero-order valence-electron chi connectivity index (χ0n) is 27.3. The summed E-state index contributed by atoms with van der Waals surface area (Å²) in [5.41, 5.74) is 9.24. The maximum absolute atomic E-state index is 12.4. The lowest BCUT2D eigenvalue weighted by atomic mass is 9.86. The van der Waals surface area contributed by atoms with Gasteiger partial charge in [-0.05, 0) is 110 Å². The zero-order chi connectivity index (χ0) is 32.9. The van der Waals surface area contributed by atoms with Crippen LogP contribution in [-0.2, 0) is 28.9 Å². The summed E-state index contributed by atoms with van der Waals surface area (Å²) in [5, 5.41) is 0. The Hall–Kier alpha value is -4.82. The van der Waals surface area contributed by atoms with Crippen LogP contribution in [-0.4, -0.2) is 49.4 Å². The molecule has 1 unspecified atom stereocenters. The largest absolute Gasteiger partial charge is 0.493 e. The van der Waals surface area contributed by atoms with Crippen molar-refractivity contribution in [1.82, 2.24) is 4.98 Å². The van der Waals surface area contributed by atoms with Gasteiger partial charge in [0.15, 0.2) is 0 Å². The molecule has 2 atom stereocenters. The highest BCUT2D eigenvalue weighted by Crippen LogP contribution is 2.39. The molecule has 0 radical (unpaired) electrons. The van der Waals surface area contributed by atoms with Crippen molar-refractivity contribution in [2.24, 2.45) is 4.99 Å². The Morgan fingerprint density at radius 3 is 2.69 bits per heavy atom. The second-order valence-corrected chi connectivity index (χ2v) is 12.8. The minimum absolute atomic E-state index is 0.273. The number of rotatable bonds is 7. The van der Waals surface area contributed by atoms with Crippen molar-refractivity contribution in [2.45, 2.75) is 70.0 Å². The second-order valence-electron chi connectivity index (χ2n) is 12.8. The zero-order valence-corrected chi connectivity index (χ0v) is 27.3. The van der Waals surface area contributed by atoms with Crippen LogP contribution in [0.3, 0.4) is 0 Å². The van der Waals surface area contributed by atoms with Crippen molar-refractivity contribution < 1.29 is 28.5 Å². The number of hydrogen-bond donors (Lipinski definition) is 0. The van der Waals surface area contributed by atoms with E-state index in [4.69, 9.17) is 28.9 Å². The number of aldehydes is 1. The Kier molecular flexibility index (Phi) is 9.61. The Bertz CT molecular complexity index is 1850. The molecule has 4 bridgehead atoms. The van der Waals surface area contributed by atoms with E-state index in [2.05, 4.69) is 18.2 Å². The van der Waals surface area contributed by atoms with E-state index in [9.17, 15) is 9.59 Å². The molecule has 1 saturated heterocycles. The molecular weight excluding hydrogens is 604 g/mol. The van der Waals surface area contributed by atoms with Gasteiger partial charge >= 0.3 is 5.97 Å². The number of aromatic nitrogens is 1. The number of nitrogens with zero attached hydrogens (tertiary/aromatic N) is 2. The summed E-state index contributed by atoms with van der Waals surface area (Å²) < 4.78 is 23.4. The van der Waals surface area contributed by atoms with Crippen LogP contribution in [0.5, 0.6) is 11.6 Å². The van der Waals surface area contributed by atoms with Crippen LogP contribution in [0.4, 0.5) is 5.69 Å². The van der Waals surface area contributed by atoms with Gasteiger partial charge < -0.3 is 18.9 Å². The molecule has 4 heterocycles. The van der Waals surface area contributed by atoms with E-state index < -0.39 is 0 Å². The molecule has 3 aliphatic rings. The van der Waals surface area contributed by atoms with E-state index in [-0.39, 0.29) is 11.9 Å². The fraction of sp³-hybridized carbons (Fsp3) is 0.350. The lowest BCUT2D eigenvalue weighted by Crippen LogP contribution is -2.27. The summed E-state index contributed by atoms with van der Waals surface area (Å²) in [6, 6.07) is 23.5. The van der Waals surface area contributed by atoms with Gasteiger partial charge in [-0.15, -0.1) is 0 Å². The molecule has 48 heavy (non-hydrogen) atoms. The number of pyridine rings is 1. The van der Waals surface area contributed by atoms with Gasteiger partial charge in [0.2, 0.25) is 5.88 Å². The first-order chi connectivity index (χ1) is 23.6. The monoisotopic (exact) mass is 644 g/mol. The van der Waals surface area contributed by atoms with Gasteiger partial charge in [-0.25, -0.2) is 9.78 Å². The minimum atomic E-state index is -0.334. The molecular formula is C40H40N2O6. The van der Waals surface area contributed by atoms with E-state index >= 15 is 0 Å². The first-order valence-electron chi connectivity index (χ1n) is 16.9. The number of fused-ring (bicyclic) bond motifs is 7. The molecule has 1 aromatic heterocycles. The average molecular weight is 645 g/mol. The standard InChI is InChI=1S/C40H40N2O6/c1-45-40(44)31-13-16-37-35(22-31)27(12-15-34-17-19-46-34)11-14-33(41-37)21-30-10-9-29-23-38(30)47-18-3-4-28-20-26(24-43)7-8-32(28)25-48-39-6-2-5-36(29)42-39/h2,5-10,13,16,20,22-24,27,34H,3-4,11-12,14-15,17-19,21,25H2,1H3/t27?,34-/m1/s1. The minimum Gasteiger partial charge on any atom is -0.493 e. The van der Waals surface area contributed by atoms with Gasteiger partial charge in [0.1, 0.15) is 18.6 Å². The van der Waals surface area contributed by atoms with Crippen LogP contribution in [0.1, 0.15) is 87.4 Å². The van der Waals surface area contributed by atoms with Crippen LogP contribution in [0.15, 0.2) is 77.8 Å². The van der Waals surface area contributed by atoms with E-state index in [1.165, 1.54) is 7.11 Å². The fourth-order valence-electron chi connectivity index (χ4n) is 6.84. The molecule has 0 saturated carbocycles. The third-order valence-corrected chi connectivity index (χ3v) is 9.65. The quantitative estimate of drug-likeness (QED) is 0.149. The van der Waals surface area contributed by atoms with Gasteiger partial charge in [0.05, 0.1) is 36.8 Å². The molecule has 0 N–H and O–H groups in total. The molecule has 0 aliphatic carbocycles. The fourth-order valence-corrected chi connectivity index (χ4v) is 6.84. The van der Waals surface area contributed by atoms with Crippen LogP contribution in [0, 0.1) is 0 Å². The number of ether oxygens (including phenoxy) is 4. The third kappa shape index (κ3) is 7.19. The van der Waals surface area contributed by atoms with E-state index in [0.29, 0.717) is 42.7 Å². The predicted molar refractivity (Wildman–Crippen MR) is 184 cm³/mol. The number of hydrogen-bond acceptors (Lipinski definition) is 8. The van der Waals surface area contributed by atoms with Crippen molar-refractivity contribution in [2.75, 3.05) is 20.3 Å². The summed E-state index contributed by atoms with van der Waals surface area (Å²) in [7, 11) is 1.42. The number of esters is 1. The highest BCUT2D eigenvalue weighted by atomic mass is 16.5. The summed E-state index contributed by atoms with van der Waals surface area (Å²) in [4.78, 5) is 33.9. The van der Waals surface area contributed by atoms with E-state index in [1.54, 1.807) is 0 Å². The molecule has 0 spiro atoms. The maximum Gasteiger partial charge on any atom is 0.337 e. The average Bonchev–Trinajstić information content (AvgIpc) is 3.27. The normalized spacial score (nSPS) is 18.6. The summed E-state index contributed by atoms with van der Waals surface area (Å²) in [6.07, 6.45) is 8.28. The molecule has 8 nitrogen and oxygen atoms in total. The Labute approximate surface area is 281 Å². The van der Waals surface area contributed by atoms with Crippen LogP contribution >= 0.6 is 0 Å². The highest BCUT2D eigenvalue weighted by molar-refractivity contribution is 5.93. The van der Waals surface area contributed by atoms with Crippen LogP contribution in [0.2, 0.25) is 0 Å². The highest BCUT2D eigenvalue weighted by Gasteiger charge is 2.26. The molecule has 4 aromatic rings. The first-order valence-corrected chi connectivity index (χ1v) is 16.9. The number of benzene rings is 3. The van der Waals surface area contributed by atoms with Gasteiger partial charge in [-0.1, -0.05) is 30.3 Å². The predicted octanol–water partition coefficient (Wildman–Crippen LogP) is 8.01. The molecule has 0 amide bonds. The molecule has 246 valence electrons. The smallest absolute Gasteiger partial charge is 0.337 e. The second kappa shape index (κ2) is 14.5. The van der Waals surface area contributed by atoms with E-state index in [1.807, 2.05) is 54.6 Å². The topological polar surface area (TPSA) is 96.3 Å². The van der Waals surface area contributed by atoms with Crippen molar-refractivity contribution in [1.29, 1.82) is 0 Å². The lowest BCUT2D eigenvalue weighted by molar-refractivity contribution is -0.0562. The lowest BCUT2D eigenvalue weighted by Gasteiger charge is -2.28. The Morgan fingerprint density at radius 1 is 0.938 bits per heavy atom. The Balaban J connectivity index is 1.17. The van der Waals surface area contributed by atoms with E-state index in [0.717, 1.165) is 108 Å². The first kappa shape index (κ1) is 31.8. The number of carbonyl (C=O) groups excluding carboxylic acids is 2. The molecule has 3 aliphatic heterocycles. The Morgan fingerprint density at radius 2 is 1.85 bits per heavy atom. The van der Waals surface area contributed by atoms with Gasteiger partial charge in [0, 0.05) is 35.9 Å². The van der Waals surface area contributed by atoms with Crippen molar-refractivity contribution in [3.63, 3.8) is 0 Å². The van der Waals surface area contributed by atoms with Crippen molar-refractivity contribution in [3.8, 4) is 22.9 Å². The van der Waals surface area contributed by atoms with Gasteiger partial charge in [-0.2, -0.15) is 0 Å². The van der Waals surface area contributed by atoms with Gasteiger partial charge in [0.25, 0.3) is 0 Å². The van der Waals surface area contributed by atoms with Crippen molar-refractivity contribution in [3.05, 3.63) is 106 Å². The summed E-state index contributed by atoms with van der Waals surface area (Å²) in [5.74, 6) is 1.29. The summed E-state index contributed by atoms with van der Waals surface area (Å²) in [6.45, 7) is 1.74. The maximum atomic E-state index is 12.4. The van der Waals surface area contributed by atoms with Gasteiger partial charge in [-0.3, -0.25) is 9.79 Å². The van der Waals surface area contributed by atoms with Crippen LogP contribution < -0.4 is 9.47 Å².